The molecular formula is C13H12F2N2O2S. The third kappa shape index (κ3) is 3.51. The number of benzene rings is 1. The molecule has 0 aliphatic heterocycles. The summed E-state index contributed by atoms with van der Waals surface area (Å²) in [5.74, 6) is -0.0929. The van der Waals surface area contributed by atoms with Gasteiger partial charge in [-0.3, -0.25) is 4.79 Å². The second kappa shape index (κ2) is 5.96. The van der Waals surface area contributed by atoms with Gasteiger partial charge in [-0.2, -0.15) is 8.78 Å². The lowest BCUT2D eigenvalue weighted by Crippen LogP contribution is -2.04. The van der Waals surface area contributed by atoms with Gasteiger partial charge in [-0.25, -0.2) is 4.98 Å². The maximum absolute atomic E-state index is 12.1. The number of aryl methyl sites for hydroxylation is 1. The summed E-state index contributed by atoms with van der Waals surface area (Å²) >= 11 is 1.36. The van der Waals surface area contributed by atoms with Crippen molar-refractivity contribution in [3.8, 4) is 17.0 Å². The summed E-state index contributed by atoms with van der Waals surface area (Å²) in [6.45, 7) is 0.447. The predicted octanol–water partition coefficient (Wildman–Crippen LogP) is 3.68. The van der Waals surface area contributed by atoms with E-state index in [0.29, 0.717) is 10.8 Å². The monoisotopic (exact) mass is 298 g/mol. The zero-order chi connectivity index (χ0) is 14.7. The number of amides is 1. The number of carbonyl (C=O) groups is 1. The van der Waals surface area contributed by atoms with Crippen LogP contribution in [0.25, 0.3) is 11.3 Å². The predicted molar refractivity (Wildman–Crippen MR) is 73.2 cm³/mol. The number of aromatic nitrogens is 1. The van der Waals surface area contributed by atoms with Crippen LogP contribution in [0.3, 0.4) is 0 Å². The highest BCUT2D eigenvalue weighted by molar-refractivity contribution is 7.16. The molecule has 0 aliphatic carbocycles. The number of halogens is 2. The standard InChI is InChI=1S/C13H12F2N2O2S/c1-7-11(17-13(20-7)16-8(2)18)9-3-5-10(6-4-9)19-12(14)15/h3-6,12H,1-2H3,(H,16,17,18). The molecule has 106 valence electrons. The number of rotatable bonds is 4. The van der Waals surface area contributed by atoms with Crippen LogP contribution in [0.1, 0.15) is 11.8 Å². The summed E-state index contributed by atoms with van der Waals surface area (Å²) in [7, 11) is 0. The van der Waals surface area contributed by atoms with Crippen molar-refractivity contribution >= 4 is 22.4 Å². The minimum Gasteiger partial charge on any atom is -0.435 e. The first kappa shape index (κ1) is 14.4. The molecule has 1 aromatic carbocycles. The Bertz CT molecular complexity index is 611. The quantitative estimate of drug-likeness (QED) is 0.936. The fourth-order valence-electron chi connectivity index (χ4n) is 1.66. The van der Waals surface area contributed by atoms with Crippen molar-refractivity contribution in [1.82, 2.24) is 4.98 Å². The van der Waals surface area contributed by atoms with Crippen LogP contribution in [0, 0.1) is 6.92 Å². The van der Waals surface area contributed by atoms with Crippen LogP contribution in [-0.4, -0.2) is 17.5 Å². The van der Waals surface area contributed by atoms with E-state index >= 15 is 0 Å². The van der Waals surface area contributed by atoms with Gasteiger partial charge >= 0.3 is 6.61 Å². The average molecular weight is 298 g/mol. The summed E-state index contributed by atoms with van der Waals surface area (Å²) in [6, 6.07) is 6.21. The Hall–Kier alpha value is -2.02. The van der Waals surface area contributed by atoms with E-state index in [1.807, 2.05) is 6.92 Å². The van der Waals surface area contributed by atoms with Crippen molar-refractivity contribution < 1.29 is 18.3 Å². The molecule has 2 aromatic rings. The molecule has 1 heterocycles. The topological polar surface area (TPSA) is 51.2 Å². The molecule has 0 saturated heterocycles. The van der Waals surface area contributed by atoms with Gasteiger partial charge < -0.3 is 10.1 Å². The van der Waals surface area contributed by atoms with E-state index in [-0.39, 0.29) is 11.7 Å². The first-order valence-electron chi connectivity index (χ1n) is 5.76. The molecule has 0 atom stereocenters. The molecule has 1 amide bonds. The molecule has 0 bridgehead atoms. The van der Waals surface area contributed by atoms with Gasteiger partial charge in [-0.15, -0.1) is 11.3 Å². The molecule has 0 spiro atoms. The van der Waals surface area contributed by atoms with E-state index in [4.69, 9.17) is 0 Å². The zero-order valence-electron chi connectivity index (χ0n) is 10.8. The number of nitrogens with zero attached hydrogens (tertiary/aromatic N) is 1. The number of hydrogen-bond donors (Lipinski definition) is 1. The van der Waals surface area contributed by atoms with Gasteiger partial charge in [-0.05, 0) is 31.2 Å². The Morgan fingerprint density at radius 3 is 2.55 bits per heavy atom. The van der Waals surface area contributed by atoms with Gasteiger partial charge in [0.2, 0.25) is 5.91 Å². The van der Waals surface area contributed by atoms with E-state index in [1.165, 1.54) is 30.4 Å². The first-order chi connectivity index (χ1) is 9.45. The van der Waals surface area contributed by atoms with E-state index in [0.717, 1.165) is 10.4 Å². The van der Waals surface area contributed by atoms with E-state index in [2.05, 4.69) is 15.0 Å². The minimum absolute atomic E-state index is 0.0960. The molecule has 4 nitrogen and oxygen atoms in total. The smallest absolute Gasteiger partial charge is 0.387 e. The molecule has 20 heavy (non-hydrogen) atoms. The van der Waals surface area contributed by atoms with Crippen molar-refractivity contribution in [3.05, 3.63) is 29.1 Å². The summed E-state index contributed by atoms with van der Waals surface area (Å²) in [6.07, 6.45) is 0. The number of carbonyl (C=O) groups excluding carboxylic acids is 1. The van der Waals surface area contributed by atoms with Crippen LogP contribution in [-0.2, 0) is 4.79 Å². The van der Waals surface area contributed by atoms with Crippen molar-refractivity contribution in [3.63, 3.8) is 0 Å². The van der Waals surface area contributed by atoms with E-state index < -0.39 is 6.61 Å². The Morgan fingerprint density at radius 2 is 2.00 bits per heavy atom. The Kier molecular flexibility index (Phi) is 4.29. The second-order valence-electron chi connectivity index (χ2n) is 4.01. The van der Waals surface area contributed by atoms with Crippen molar-refractivity contribution in [1.29, 1.82) is 0 Å². The van der Waals surface area contributed by atoms with Crippen molar-refractivity contribution in [2.45, 2.75) is 20.5 Å². The number of hydrogen-bond acceptors (Lipinski definition) is 4. The van der Waals surface area contributed by atoms with Gasteiger partial charge in [0.15, 0.2) is 5.13 Å². The van der Waals surface area contributed by atoms with Crippen LogP contribution >= 0.6 is 11.3 Å². The molecular weight excluding hydrogens is 286 g/mol. The van der Waals surface area contributed by atoms with Crippen LogP contribution in [0.15, 0.2) is 24.3 Å². The van der Waals surface area contributed by atoms with Gasteiger partial charge in [0, 0.05) is 17.4 Å². The Balaban J connectivity index is 2.23. The zero-order valence-corrected chi connectivity index (χ0v) is 11.6. The SMILES string of the molecule is CC(=O)Nc1nc(-c2ccc(OC(F)F)cc2)c(C)s1. The third-order valence-electron chi connectivity index (χ3n) is 2.43. The molecule has 1 aromatic heterocycles. The minimum atomic E-state index is -2.84. The van der Waals surface area contributed by atoms with Gasteiger partial charge in [0.05, 0.1) is 5.69 Å². The molecule has 0 unspecified atom stereocenters. The maximum Gasteiger partial charge on any atom is 0.387 e. The van der Waals surface area contributed by atoms with Crippen molar-refractivity contribution in [2.75, 3.05) is 5.32 Å². The average Bonchev–Trinajstić information content (AvgIpc) is 2.69. The molecule has 7 heteroatoms. The first-order valence-corrected chi connectivity index (χ1v) is 6.57. The molecule has 0 radical (unpaired) electrons. The summed E-state index contributed by atoms with van der Waals surface area (Å²) < 4.78 is 28.4. The van der Waals surface area contributed by atoms with Gasteiger partial charge in [-0.1, -0.05) is 0 Å². The second-order valence-corrected chi connectivity index (χ2v) is 5.21. The highest BCUT2D eigenvalue weighted by atomic mass is 32.1. The van der Waals surface area contributed by atoms with Crippen LogP contribution in [0.5, 0.6) is 5.75 Å². The highest BCUT2D eigenvalue weighted by Crippen LogP contribution is 2.31. The maximum atomic E-state index is 12.1. The van der Waals surface area contributed by atoms with E-state index in [1.54, 1.807) is 12.1 Å². The number of anilines is 1. The highest BCUT2D eigenvalue weighted by Gasteiger charge is 2.11. The number of alkyl halides is 2. The molecule has 0 aliphatic rings. The summed E-state index contributed by atoms with van der Waals surface area (Å²) in [4.78, 5) is 16.2. The Morgan fingerprint density at radius 1 is 1.35 bits per heavy atom. The fourth-order valence-corrected chi connectivity index (χ4v) is 2.54. The lowest BCUT2D eigenvalue weighted by molar-refractivity contribution is -0.114. The largest absolute Gasteiger partial charge is 0.435 e. The van der Waals surface area contributed by atoms with Gasteiger partial charge in [0.1, 0.15) is 5.75 Å². The van der Waals surface area contributed by atoms with Crippen LogP contribution < -0.4 is 10.1 Å². The third-order valence-corrected chi connectivity index (χ3v) is 3.32. The molecule has 0 fully saturated rings. The molecule has 0 saturated carbocycles. The number of ether oxygens (including phenoxy) is 1. The summed E-state index contributed by atoms with van der Waals surface area (Å²) in [5, 5.41) is 3.13. The number of thiazole rings is 1. The summed E-state index contributed by atoms with van der Waals surface area (Å²) in [5.41, 5.74) is 1.49. The van der Waals surface area contributed by atoms with Crippen molar-refractivity contribution in [2.24, 2.45) is 0 Å². The normalized spacial score (nSPS) is 10.7. The van der Waals surface area contributed by atoms with Crippen LogP contribution in [0.2, 0.25) is 0 Å². The molecule has 1 N–H and O–H groups in total. The lowest BCUT2D eigenvalue weighted by Gasteiger charge is -2.05. The van der Waals surface area contributed by atoms with Crippen LogP contribution in [0.4, 0.5) is 13.9 Å². The number of nitrogens with one attached hydrogen (secondary N) is 1. The fraction of sp³-hybridized carbons (Fsp3) is 0.231. The lowest BCUT2D eigenvalue weighted by atomic mass is 10.1. The van der Waals surface area contributed by atoms with Gasteiger partial charge in [0.25, 0.3) is 0 Å². The Labute approximate surface area is 118 Å². The van der Waals surface area contributed by atoms with E-state index in [9.17, 15) is 13.6 Å². The molecule has 2 rings (SSSR count).